The van der Waals surface area contributed by atoms with Crippen molar-refractivity contribution in [2.45, 2.75) is 32.7 Å². The molecule has 2 atom stereocenters. The van der Waals surface area contributed by atoms with E-state index in [0.29, 0.717) is 5.92 Å². The molecule has 0 spiro atoms. The average molecular weight is 200 g/mol. The van der Waals surface area contributed by atoms with Crippen molar-refractivity contribution < 1.29 is 0 Å². The summed E-state index contributed by atoms with van der Waals surface area (Å²) in [6.07, 6.45) is 3.98. The molecule has 13 heavy (non-hydrogen) atoms. The van der Waals surface area contributed by atoms with Gasteiger partial charge in [-0.2, -0.15) is 0 Å². The van der Waals surface area contributed by atoms with Crippen molar-refractivity contribution in [1.29, 1.82) is 0 Å². The molecule has 0 saturated heterocycles. The molecular formula is C8H16N4S. The van der Waals surface area contributed by atoms with Crippen LogP contribution in [-0.2, 0) is 0 Å². The van der Waals surface area contributed by atoms with Crippen molar-refractivity contribution in [3.8, 4) is 0 Å². The molecule has 0 aliphatic heterocycles. The van der Waals surface area contributed by atoms with Gasteiger partial charge in [-0.05, 0) is 23.9 Å². The molecule has 0 bridgehead atoms. The summed E-state index contributed by atoms with van der Waals surface area (Å²) >= 11 is 1.40. The van der Waals surface area contributed by atoms with Crippen LogP contribution in [0.15, 0.2) is 6.20 Å². The van der Waals surface area contributed by atoms with Gasteiger partial charge in [-0.3, -0.25) is 11.3 Å². The van der Waals surface area contributed by atoms with E-state index in [1.165, 1.54) is 18.0 Å². The molecule has 74 valence electrons. The first-order chi connectivity index (χ1) is 6.27. The maximum Gasteiger partial charge on any atom is 0.0669 e. The SMILES string of the molecule is CCC(C)CC(NN)c1cnns1. The highest BCUT2D eigenvalue weighted by Gasteiger charge is 2.14. The first-order valence-electron chi connectivity index (χ1n) is 4.51. The van der Waals surface area contributed by atoms with Gasteiger partial charge in [0.15, 0.2) is 0 Å². The van der Waals surface area contributed by atoms with Crippen LogP contribution >= 0.6 is 11.5 Å². The van der Waals surface area contributed by atoms with E-state index in [4.69, 9.17) is 5.84 Å². The van der Waals surface area contributed by atoms with Gasteiger partial charge in [0.1, 0.15) is 0 Å². The van der Waals surface area contributed by atoms with Gasteiger partial charge in [0.05, 0.1) is 17.1 Å². The van der Waals surface area contributed by atoms with Crippen LogP contribution in [0.3, 0.4) is 0 Å². The lowest BCUT2D eigenvalue weighted by Gasteiger charge is -2.16. The van der Waals surface area contributed by atoms with Crippen LogP contribution in [0.5, 0.6) is 0 Å². The van der Waals surface area contributed by atoms with Gasteiger partial charge in [0.2, 0.25) is 0 Å². The molecular weight excluding hydrogens is 184 g/mol. The van der Waals surface area contributed by atoms with E-state index in [-0.39, 0.29) is 6.04 Å². The molecule has 3 N–H and O–H groups in total. The van der Waals surface area contributed by atoms with E-state index < -0.39 is 0 Å². The number of nitrogens with one attached hydrogen (secondary N) is 1. The van der Waals surface area contributed by atoms with E-state index in [2.05, 4.69) is 28.9 Å². The number of hydrogen-bond acceptors (Lipinski definition) is 5. The predicted molar refractivity (Wildman–Crippen MR) is 54.0 cm³/mol. The smallest absolute Gasteiger partial charge is 0.0669 e. The quantitative estimate of drug-likeness (QED) is 0.558. The molecule has 4 nitrogen and oxygen atoms in total. The summed E-state index contributed by atoms with van der Waals surface area (Å²) in [5.74, 6) is 6.14. The third kappa shape index (κ3) is 3.02. The van der Waals surface area contributed by atoms with Gasteiger partial charge < -0.3 is 0 Å². The average Bonchev–Trinajstić information content (AvgIpc) is 2.66. The van der Waals surface area contributed by atoms with Crippen LogP contribution in [-0.4, -0.2) is 9.59 Å². The van der Waals surface area contributed by atoms with Crippen molar-refractivity contribution in [2.24, 2.45) is 11.8 Å². The molecule has 1 aromatic heterocycles. The van der Waals surface area contributed by atoms with Crippen LogP contribution in [0.25, 0.3) is 0 Å². The van der Waals surface area contributed by atoms with Crippen LogP contribution in [0.4, 0.5) is 0 Å². The lowest BCUT2D eigenvalue weighted by molar-refractivity contribution is 0.411. The first-order valence-corrected chi connectivity index (χ1v) is 5.28. The Labute approximate surface area is 82.7 Å². The maximum atomic E-state index is 5.47. The zero-order chi connectivity index (χ0) is 9.68. The Morgan fingerprint density at radius 1 is 1.69 bits per heavy atom. The fourth-order valence-electron chi connectivity index (χ4n) is 1.16. The number of rotatable bonds is 5. The zero-order valence-electron chi connectivity index (χ0n) is 8.03. The fourth-order valence-corrected chi connectivity index (χ4v) is 1.74. The zero-order valence-corrected chi connectivity index (χ0v) is 8.84. The molecule has 1 rings (SSSR count). The molecule has 0 aromatic carbocycles. The topological polar surface area (TPSA) is 63.8 Å². The molecule has 0 aliphatic carbocycles. The number of hydrogen-bond donors (Lipinski definition) is 2. The number of nitrogens with two attached hydrogens (primary N) is 1. The predicted octanol–water partition coefficient (Wildman–Crippen LogP) is 1.48. The fraction of sp³-hybridized carbons (Fsp3) is 0.750. The van der Waals surface area contributed by atoms with Crippen LogP contribution in [0.2, 0.25) is 0 Å². The van der Waals surface area contributed by atoms with Gasteiger partial charge in [-0.15, -0.1) is 5.10 Å². The van der Waals surface area contributed by atoms with E-state index in [1.807, 2.05) is 0 Å². The molecule has 0 radical (unpaired) electrons. The Kier molecular flexibility index (Phi) is 4.27. The van der Waals surface area contributed by atoms with E-state index in [1.54, 1.807) is 6.20 Å². The summed E-state index contributed by atoms with van der Waals surface area (Å²) < 4.78 is 3.82. The number of hydrazine groups is 1. The van der Waals surface area contributed by atoms with Gasteiger partial charge >= 0.3 is 0 Å². The Morgan fingerprint density at radius 2 is 2.46 bits per heavy atom. The summed E-state index contributed by atoms with van der Waals surface area (Å²) in [6, 6.07) is 0.204. The van der Waals surface area contributed by atoms with Gasteiger partial charge in [-0.1, -0.05) is 24.8 Å². The molecule has 5 heteroatoms. The van der Waals surface area contributed by atoms with Crippen molar-refractivity contribution >= 4 is 11.5 Å². The van der Waals surface area contributed by atoms with Gasteiger partial charge in [0.25, 0.3) is 0 Å². The lowest BCUT2D eigenvalue weighted by Crippen LogP contribution is -2.28. The third-order valence-corrected chi connectivity index (χ3v) is 3.03. The normalized spacial score (nSPS) is 15.6. The monoisotopic (exact) mass is 200 g/mol. The maximum absolute atomic E-state index is 5.47. The number of aromatic nitrogens is 2. The highest BCUT2D eigenvalue weighted by Crippen LogP contribution is 2.23. The van der Waals surface area contributed by atoms with Crippen LogP contribution in [0.1, 0.15) is 37.6 Å². The lowest BCUT2D eigenvalue weighted by atomic mass is 9.99. The standard InChI is InChI=1S/C8H16N4S/c1-3-6(2)4-7(11-9)8-5-10-12-13-8/h5-7,11H,3-4,9H2,1-2H3. The molecule has 1 aromatic rings. The Hall–Kier alpha value is -0.520. The minimum absolute atomic E-state index is 0.204. The molecule has 0 aliphatic rings. The third-order valence-electron chi connectivity index (χ3n) is 2.26. The minimum Gasteiger partial charge on any atom is -0.271 e. The largest absolute Gasteiger partial charge is 0.271 e. The van der Waals surface area contributed by atoms with Crippen LogP contribution in [0, 0.1) is 5.92 Å². The Balaban J connectivity index is 2.53. The summed E-state index contributed by atoms with van der Waals surface area (Å²) in [5.41, 5.74) is 2.80. The first kappa shape index (κ1) is 10.6. The minimum atomic E-state index is 0.204. The van der Waals surface area contributed by atoms with Crippen molar-refractivity contribution in [3.05, 3.63) is 11.1 Å². The Bertz CT molecular complexity index is 224. The second-order valence-electron chi connectivity index (χ2n) is 3.29. The molecule has 0 fully saturated rings. The van der Waals surface area contributed by atoms with Crippen molar-refractivity contribution in [3.63, 3.8) is 0 Å². The second-order valence-corrected chi connectivity index (χ2v) is 4.11. The number of nitrogens with zero attached hydrogens (tertiary/aromatic N) is 2. The van der Waals surface area contributed by atoms with E-state index in [0.717, 1.165) is 11.3 Å². The van der Waals surface area contributed by atoms with Gasteiger partial charge in [-0.25, -0.2) is 0 Å². The summed E-state index contributed by atoms with van der Waals surface area (Å²) in [5, 5.41) is 3.80. The summed E-state index contributed by atoms with van der Waals surface area (Å²) in [7, 11) is 0. The highest BCUT2D eigenvalue weighted by molar-refractivity contribution is 7.05. The van der Waals surface area contributed by atoms with Crippen molar-refractivity contribution in [2.75, 3.05) is 0 Å². The van der Waals surface area contributed by atoms with E-state index >= 15 is 0 Å². The summed E-state index contributed by atoms with van der Waals surface area (Å²) in [6.45, 7) is 4.40. The summed E-state index contributed by atoms with van der Waals surface area (Å²) in [4.78, 5) is 1.11. The Morgan fingerprint density at radius 3 is 2.92 bits per heavy atom. The highest BCUT2D eigenvalue weighted by atomic mass is 32.1. The van der Waals surface area contributed by atoms with Gasteiger partial charge in [0, 0.05) is 0 Å². The molecule has 0 saturated carbocycles. The molecule has 2 unspecified atom stereocenters. The second kappa shape index (κ2) is 5.26. The van der Waals surface area contributed by atoms with Crippen molar-refractivity contribution in [1.82, 2.24) is 15.0 Å². The molecule has 1 heterocycles. The van der Waals surface area contributed by atoms with E-state index in [9.17, 15) is 0 Å². The van der Waals surface area contributed by atoms with Crippen LogP contribution < -0.4 is 11.3 Å². The molecule has 0 amide bonds.